The zero-order chi connectivity index (χ0) is 35.3. The average molecular weight is 645 g/mol. The van der Waals surface area contributed by atoms with Crippen molar-refractivity contribution in [2.75, 3.05) is 0 Å². The van der Waals surface area contributed by atoms with Gasteiger partial charge in [0, 0.05) is 22.3 Å². The molecular formula is C42H61O3P. The van der Waals surface area contributed by atoms with E-state index in [0.717, 1.165) is 33.8 Å². The Morgan fingerprint density at radius 3 is 1.13 bits per heavy atom. The minimum absolute atomic E-state index is 0.00782. The smallest absolute Gasteiger partial charge is 0.408 e. The van der Waals surface area contributed by atoms with Crippen LogP contribution >= 0.6 is 8.60 Å². The summed E-state index contributed by atoms with van der Waals surface area (Å²) in [5.41, 5.74) is 6.34. The minimum Gasteiger partial charge on any atom is -0.408 e. The number of rotatable bonds is 6. The summed E-state index contributed by atoms with van der Waals surface area (Å²) in [5, 5.41) is 0. The van der Waals surface area contributed by atoms with Gasteiger partial charge >= 0.3 is 8.60 Å². The van der Waals surface area contributed by atoms with E-state index in [1.807, 2.05) is 0 Å². The van der Waals surface area contributed by atoms with Crippen molar-refractivity contribution in [3.63, 3.8) is 0 Å². The third-order valence-corrected chi connectivity index (χ3v) is 9.30. The van der Waals surface area contributed by atoms with E-state index < -0.39 is 8.60 Å². The van der Waals surface area contributed by atoms with E-state index in [0.29, 0.717) is 5.75 Å². The molecule has 252 valence electrons. The maximum Gasteiger partial charge on any atom is 0.530 e. The molecule has 3 aromatic carbocycles. The molecule has 0 aliphatic heterocycles. The first kappa shape index (κ1) is 37.8. The molecule has 0 unspecified atom stereocenters. The Labute approximate surface area is 283 Å². The number of hydrogen-bond acceptors (Lipinski definition) is 3. The quantitative estimate of drug-likeness (QED) is 0.250. The van der Waals surface area contributed by atoms with Gasteiger partial charge in [-0.3, -0.25) is 0 Å². The van der Waals surface area contributed by atoms with Crippen LogP contribution in [-0.4, -0.2) is 0 Å². The molecule has 0 heterocycles. The molecule has 46 heavy (non-hydrogen) atoms. The average Bonchev–Trinajstić information content (AvgIpc) is 2.85. The fraction of sp³-hybridized carbons (Fsp3) is 0.571. The zero-order valence-corrected chi connectivity index (χ0v) is 33.1. The van der Waals surface area contributed by atoms with Crippen molar-refractivity contribution in [2.45, 2.75) is 157 Å². The highest BCUT2D eigenvalue weighted by atomic mass is 31.2. The lowest BCUT2D eigenvalue weighted by molar-refractivity contribution is 0.372. The number of hydrogen-bond donors (Lipinski definition) is 0. The van der Waals surface area contributed by atoms with Crippen molar-refractivity contribution in [1.82, 2.24) is 0 Å². The summed E-state index contributed by atoms with van der Waals surface area (Å²) in [6.07, 6.45) is 0. The van der Waals surface area contributed by atoms with Gasteiger partial charge in [0.15, 0.2) is 5.75 Å². The van der Waals surface area contributed by atoms with Gasteiger partial charge in [0.2, 0.25) is 0 Å². The van der Waals surface area contributed by atoms with E-state index >= 15 is 0 Å². The van der Waals surface area contributed by atoms with Crippen LogP contribution in [0.2, 0.25) is 0 Å². The largest absolute Gasteiger partial charge is 0.530 e. The first-order chi connectivity index (χ1) is 20.6. The molecule has 0 fully saturated rings. The summed E-state index contributed by atoms with van der Waals surface area (Å²) < 4.78 is 20.5. The van der Waals surface area contributed by atoms with Crippen LogP contribution in [0.3, 0.4) is 0 Å². The van der Waals surface area contributed by atoms with Crippen LogP contribution in [0, 0.1) is 12.1 Å². The van der Waals surface area contributed by atoms with Crippen LogP contribution in [0.1, 0.15) is 158 Å². The van der Waals surface area contributed by atoms with E-state index in [1.54, 1.807) is 0 Å². The van der Waals surface area contributed by atoms with Gasteiger partial charge in [0.25, 0.3) is 0 Å². The van der Waals surface area contributed by atoms with Crippen molar-refractivity contribution >= 4 is 8.60 Å². The maximum atomic E-state index is 6.86. The molecule has 4 heteroatoms. The van der Waals surface area contributed by atoms with Gasteiger partial charge in [-0.25, -0.2) is 0 Å². The molecule has 3 nitrogen and oxygen atoms in total. The third kappa shape index (κ3) is 9.44. The summed E-state index contributed by atoms with van der Waals surface area (Å²) in [6, 6.07) is 22.0. The molecule has 0 radical (unpaired) electrons. The van der Waals surface area contributed by atoms with Crippen LogP contribution in [0.4, 0.5) is 0 Å². The molecule has 0 aliphatic rings. The highest BCUT2D eigenvalue weighted by Gasteiger charge is 2.32. The molecule has 0 aromatic heterocycles. The molecule has 0 amide bonds. The molecule has 0 saturated carbocycles. The van der Waals surface area contributed by atoms with Crippen LogP contribution in [-0.2, 0) is 32.5 Å². The fourth-order valence-electron chi connectivity index (χ4n) is 5.09. The lowest BCUT2D eigenvalue weighted by atomic mass is 9.80. The van der Waals surface area contributed by atoms with Gasteiger partial charge in [0.05, 0.1) is 0 Å². The molecule has 0 aliphatic carbocycles. The monoisotopic (exact) mass is 644 g/mol. The Bertz CT molecular complexity index is 1320. The maximum absolute atomic E-state index is 6.86. The predicted molar refractivity (Wildman–Crippen MR) is 198 cm³/mol. The van der Waals surface area contributed by atoms with Gasteiger partial charge in [-0.1, -0.05) is 155 Å². The predicted octanol–water partition coefficient (Wildman–Crippen LogP) is 12.8. The molecule has 0 N–H and O–H groups in total. The Balaban J connectivity index is 2.24. The summed E-state index contributed by atoms with van der Waals surface area (Å²) in [6.45, 7) is 40.0. The van der Waals surface area contributed by atoms with Gasteiger partial charge in [0.1, 0.15) is 11.5 Å². The second-order valence-electron chi connectivity index (χ2n) is 19.0. The highest BCUT2D eigenvalue weighted by Crippen LogP contribution is 2.49. The molecule has 3 rings (SSSR count). The van der Waals surface area contributed by atoms with Crippen LogP contribution in [0.15, 0.2) is 42.5 Å². The topological polar surface area (TPSA) is 27.7 Å². The van der Waals surface area contributed by atoms with Crippen molar-refractivity contribution in [3.8, 4) is 17.2 Å². The Kier molecular flexibility index (Phi) is 10.5. The van der Waals surface area contributed by atoms with Crippen LogP contribution in [0.25, 0.3) is 0 Å². The second-order valence-corrected chi connectivity index (χ2v) is 20.0. The standard InChI is InChI=1S/C42H61O3P/c1-37(2,3)28-19-22-34(31(25-28)40(10,11)12)43-46(44-35-23-20-29(38(4,5)6)26-32(35)41(13,14)15)45-36-24-21-30(39(7,8)9)27-33(36)42(16,17)18/h19-20,22-23,25-27H,1-18H3. The van der Waals surface area contributed by atoms with Gasteiger partial charge in [-0.05, 0) is 67.9 Å². The van der Waals surface area contributed by atoms with Gasteiger partial charge in [-0.15, -0.1) is 0 Å². The van der Waals surface area contributed by atoms with E-state index in [2.05, 4.69) is 179 Å². The lowest BCUT2D eigenvalue weighted by Gasteiger charge is -2.30. The first-order valence-electron chi connectivity index (χ1n) is 16.7. The minimum atomic E-state index is -1.94. The van der Waals surface area contributed by atoms with E-state index in [4.69, 9.17) is 13.6 Å². The molecule has 0 saturated heterocycles. The van der Waals surface area contributed by atoms with Gasteiger partial charge < -0.3 is 13.6 Å². The fourth-order valence-corrected chi connectivity index (χ4v) is 6.13. The van der Waals surface area contributed by atoms with Crippen molar-refractivity contribution in [2.24, 2.45) is 0 Å². The number of benzene rings is 2. The van der Waals surface area contributed by atoms with Crippen molar-refractivity contribution in [3.05, 3.63) is 88.0 Å². The molecular weight excluding hydrogens is 583 g/mol. The Morgan fingerprint density at radius 1 is 0.413 bits per heavy atom. The molecule has 3 aromatic rings. The summed E-state index contributed by atoms with van der Waals surface area (Å²) in [4.78, 5) is 0. The summed E-state index contributed by atoms with van der Waals surface area (Å²) in [7, 11) is -1.94. The van der Waals surface area contributed by atoms with Crippen LogP contribution in [0.5, 0.6) is 17.2 Å². The normalized spacial score (nSPS) is 13.5. The first-order valence-corrected chi connectivity index (χ1v) is 17.8. The molecule has 0 spiro atoms. The van der Waals surface area contributed by atoms with E-state index in [9.17, 15) is 0 Å². The lowest BCUT2D eigenvalue weighted by Crippen LogP contribution is -2.19. The van der Waals surface area contributed by atoms with E-state index in [-0.39, 0.29) is 32.5 Å². The van der Waals surface area contributed by atoms with Crippen molar-refractivity contribution in [1.29, 1.82) is 0 Å². The Hall–Kier alpha value is -2.69. The third-order valence-electron chi connectivity index (χ3n) is 8.28. The van der Waals surface area contributed by atoms with E-state index in [1.165, 1.54) is 11.1 Å². The molecule has 0 bridgehead atoms. The summed E-state index contributed by atoms with van der Waals surface area (Å²) in [5.74, 6) is 2.14. The molecule has 0 atom stereocenters. The zero-order valence-electron chi connectivity index (χ0n) is 32.2. The Morgan fingerprint density at radius 2 is 0.804 bits per heavy atom. The van der Waals surface area contributed by atoms with Crippen molar-refractivity contribution < 1.29 is 13.6 Å². The van der Waals surface area contributed by atoms with Crippen LogP contribution < -0.4 is 13.6 Å². The van der Waals surface area contributed by atoms with Gasteiger partial charge in [-0.2, -0.15) is 0 Å². The second kappa shape index (κ2) is 12.7. The highest BCUT2D eigenvalue weighted by molar-refractivity contribution is 7.43. The SMILES string of the molecule is CC(C)(C)c1c#cc(OP(Oc2ccc(C(C)(C)C)cc2C(C)(C)C)Oc2ccc(C(C)(C)C)cc2C(C)(C)C)c(C(C)(C)C)c1. The summed E-state index contributed by atoms with van der Waals surface area (Å²) >= 11 is 0.